The number of hydrogen-bond acceptors (Lipinski definition) is 4. The van der Waals surface area contributed by atoms with E-state index in [0.717, 1.165) is 27.7 Å². The van der Waals surface area contributed by atoms with Gasteiger partial charge in [-0.1, -0.05) is 29.8 Å². The van der Waals surface area contributed by atoms with Crippen molar-refractivity contribution in [2.75, 3.05) is 0 Å². The minimum Gasteiger partial charge on any atom is -0.348 e. The Bertz CT molecular complexity index is 1180. The van der Waals surface area contributed by atoms with Crippen LogP contribution in [0.4, 0.5) is 4.39 Å². The molecule has 1 saturated carbocycles. The second kappa shape index (κ2) is 7.46. The number of rotatable bonds is 5. The number of benzene rings is 2. The highest BCUT2D eigenvalue weighted by Gasteiger charge is 2.27. The first-order valence-electron chi connectivity index (χ1n) is 9.29. The van der Waals surface area contributed by atoms with Crippen molar-refractivity contribution in [3.63, 3.8) is 0 Å². The molecule has 1 amide bonds. The highest BCUT2D eigenvalue weighted by Crippen LogP contribution is 2.18. The first-order chi connectivity index (χ1) is 13.9. The molecule has 0 bridgehead atoms. The molecule has 1 heterocycles. The zero-order valence-electron chi connectivity index (χ0n) is 15.8. The average molecular weight is 394 g/mol. The highest BCUT2D eigenvalue weighted by molar-refractivity contribution is 5.92. The number of amides is 1. The van der Waals surface area contributed by atoms with E-state index in [4.69, 9.17) is 0 Å². The van der Waals surface area contributed by atoms with Gasteiger partial charge in [0.15, 0.2) is 0 Å². The maximum Gasteiger partial charge on any atom is 0.352 e. The van der Waals surface area contributed by atoms with Gasteiger partial charge in [0.05, 0.1) is 12.2 Å². The summed E-state index contributed by atoms with van der Waals surface area (Å²) in [5.74, 6) is -1.02. The smallest absolute Gasteiger partial charge is 0.348 e. The van der Waals surface area contributed by atoms with Crippen molar-refractivity contribution in [2.24, 2.45) is 0 Å². The highest BCUT2D eigenvalue weighted by atomic mass is 19.1. The number of nitrogens with one attached hydrogen (secondary N) is 1. The monoisotopic (exact) mass is 394 g/mol. The topological polar surface area (TPSA) is 86.0 Å². The summed E-state index contributed by atoms with van der Waals surface area (Å²) in [6.45, 7) is 1.81. The van der Waals surface area contributed by atoms with Crippen LogP contribution in [0.3, 0.4) is 0 Å². The third kappa shape index (κ3) is 4.01. The molecular formula is C21H19FN4O3. The van der Waals surface area contributed by atoms with Gasteiger partial charge < -0.3 is 5.32 Å². The average Bonchev–Trinajstić information content (AvgIpc) is 3.51. The Labute approximate surface area is 165 Å². The van der Waals surface area contributed by atoms with Crippen LogP contribution in [0.5, 0.6) is 0 Å². The summed E-state index contributed by atoms with van der Waals surface area (Å²) in [7, 11) is 0. The van der Waals surface area contributed by atoms with E-state index in [0.29, 0.717) is 11.3 Å². The lowest BCUT2D eigenvalue weighted by Crippen LogP contribution is -2.46. The number of carbonyl (C=O) groups excluding carboxylic acids is 1. The molecule has 4 rings (SSSR count). The lowest BCUT2D eigenvalue weighted by Gasteiger charge is -2.12. The van der Waals surface area contributed by atoms with Gasteiger partial charge in [-0.2, -0.15) is 9.78 Å². The number of aromatic nitrogens is 3. The molecule has 1 aromatic heterocycles. The molecule has 0 saturated heterocycles. The predicted molar refractivity (Wildman–Crippen MR) is 105 cm³/mol. The van der Waals surface area contributed by atoms with Crippen LogP contribution in [0.2, 0.25) is 0 Å². The molecule has 7 nitrogen and oxygen atoms in total. The van der Waals surface area contributed by atoms with E-state index in [1.54, 1.807) is 12.1 Å². The normalized spacial score (nSPS) is 13.3. The second-order valence-electron chi connectivity index (χ2n) is 7.14. The first-order valence-corrected chi connectivity index (χ1v) is 9.29. The molecule has 148 valence electrons. The van der Waals surface area contributed by atoms with Crippen molar-refractivity contribution in [1.82, 2.24) is 19.7 Å². The van der Waals surface area contributed by atoms with Crippen LogP contribution in [0.25, 0.3) is 5.69 Å². The van der Waals surface area contributed by atoms with Crippen molar-refractivity contribution >= 4 is 5.91 Å². The van der Waals surface area contributed by atoms with Gasteiger partial charge in [0, 0.05) is 6.04 Å². The summed E-state index contributed by atoms with van der Waals surface area (Å²) in [6.07, 6.45) is 1.71. The fourth-order valence-corrected chi connectivity index (χ4v) is 2.90. The van der Waals surface area contributed by atoms with Crippen molar-refractivity contribution in [2.45, 2.75) is 32.4 Å². The summed E-state index contributed by atoms with van der Waals surface area (Å²) in [6, 6.07) is 12.5. The first kappa shape index (κ1) is 18.8. The molecule has 1 aliphatic rings. The van der Waals surface area contributed by atoms with Gasteiger partial charge in [-0.3, -0.25) is 14.2 Å². The van der Waals surface area contributed by atoms with Crippen LogP contribution >= 0.6 is 0 Å². The molecule has 2 aromatic carbocycles. The fraction of sp³-hybridized carbons (Fsp3) is 0.238. The Morgan fingerprint density at radius 3 is 2.38 bits per heavy atom. The van der Waals surface area contributed by atoms with E-state index in [1.807, 2.05) is 19.1 Å². The third-order valence-electron chi connectivity index (χ3n) is 4.72. The van der Waals surface area contributed by atoms with Gasteiger partial charge in [-0.05, 0) is 49.6 Å². The summed E-state index contributed by atoms with van der Waals surface area (Å²) in [5, 5.41) is 6.80. The zero-order chi connectivity index (χ0) is 20.5. The van der Waals surface area contributed by atoms with Crippen molar-refractivity contribution in [1.29, 1.82) is 0 Å². The molecule has 29 heavy (non-hydrogen) atoms. The van der Waals surface area contributed by atoms with Crippen LogP contribution in [-0.4, -0.2) is 26.3 Å². The maximum atomic E-state index is 13.2. The zero-order valence-corrected chi connectivity index (χ0v) is 15.8. The molecule has 8 heteroatoms. The molecule has 1 fully saturated rings. The molecule has 0 radical (unpaired) electrons. The quantitative estimate of drug-likeness (QED) is 0.715. The Balaban J connectivity index is 1.85. The van der Waals surface area contributed by atoms with Crippen molar-refractivity contribution in [3.8, 4) is 5.69 Å². The van der Waals surface area contributed by atoms with Gasteiger partial charge >= 0.3 is 5.69 Å². The molecular weight excluding hydrogens is 375 g/mol. The number of nitrogens with zero attached hydrogens (tertiary/aromatic N) is 3. The van der Waals surface area contributed by atoms with Gasteiger partial charge in [0.2, 0.25) is 5.69 Å². The summed E-state index contributed by atoms with van der Waals surface area (Å²) in [5.41, 5.74) is 0.189. The standard InChI is InChI=1S/C21H19FN4O3/c1-13-2-10-17(11-3-13)26-21(29)25(12-14-4-6-15(22)7-5-14)20(28)18(24-26)19(27)23-16-8-9-16/h2-7,10-11,16H,8-9,12H2,1H3,(H,23,27). The lowest BCUT2D eigenvalue weighted by atomic mass is 10.2. The van der Waals surface area contributed by atoms with Crippen LogP contribution in [0.15, 0.2) is 58.1 Å². The van der Waals surface area contributed by atoms with Crippen molar-refractivity contribution < 1.29 is 9.18 Å². The Kier molecular flexibility index (Phi) is 4.84. The molecule has 1 N–H and O–H groups in total. The maximum absolute atomic E-state index is 13.2. The molecule has 0 spiro atoms. The predicted octanol–water partition coefficient (Wildman–Crippen LogP) is 1.78. The minimum absolute atomic E-state index is 0.0361. The van der Waals surface area contributed by atoms with E-state index in [9.17, 15) is 18.8 Å². The Morgan fingerprint density at radius 2 is 1.76 bits per heavy atom. The van der Waals surface area contributed by atoms with Gasteiger partial charge in [-0.15, -0.1) is 0 Å². The largest absolute Gasteiger partial charge is 0.352 e. The Hall–Kier alpha value is -3.55. The van der Waals surface area contributed by atoms with Crippen LogP contribution < -0.4 is 16.6 Å². The minimum atomic E-state index is -0.777. The van der Waals surface area contributed by atoms with Crippen LogP contribution in [0, 0.1) is 12.7 Å². The van der Waals surface area contributed by atoms with Crippen LogP contribution in [0.1, 0.15) is 34.5 Å². The number of halogens is 1. The van der Waals surface area contributed by atoms with E-state index in [1.165, 1.54) is 24.3 Å². The second-order valence-corrected chi connectivity index (χ2v) is 7.14. The summed E-state index contributed by atoms with van der Waals surface area (Å²) < 4.78 is 15.2. The third-order valence-corrected chi connectivity index (χ3v) is 4.72. The van der Waals surface area contributed by atoms with Gasteiger partial charge in [0.25, 0.3) is 11.5 Å². The molecule has 0 unspecified atom stereocenters. The number of carbonyl (C=O) groups is 1. The van der Waals surface area contributed by atoms with E-state index >= 15 is 0 Å². The molecule has 3 aromatic rings. The lowest BCUT2D eigenvalue weighted by molar-refractivity contribution is 0.0941. The van der Waals surface area contributed by atoms with Crippen molar-refractivity contribution in [3.05, 3.63) is 92.0 Å². The Morgan fingerprint density at radius 1 is 1.10 bits per heavy atom. The number of aryl methyl sites for hydroxylation is 1. The van der Waals surface area contributed by atoms with Gasteiger partial charge in [0.1, 0.15) is 5.82 Å². The summed E-state index contributed by atoms with van der Waals surface area (Å²) >= 11 is 0. The number of hydrogen-bond donors (Lipinski definition) is 1. The van der Waals surface area contributed by atoms with E-state index in [-0.39, 0.29) is 18.3 Å². The molecule has 0 aliphatic heterocycles. The van der Waals surface area contributed by atoms with E-state index < -0.39 is 23.0 Å². The molecule has 0 atom stereocenters. The van der Waals surface area contributed by atoms with Gasteiger partial charge in [-0.25, -0.2) is 9.18 Å². The van der Waals surface area contributed by atoms with Crippen LogP contribution in [-0.2, 0) is 6.54 Å². The fourth-order valence-electron chi connectivity index (χ4n) is 2.90. The van der Waals surface area contributed by atoms with E-state index in [2.05, 4.69) is 10.4 Å². The molecule has 1 aliphatic carbocycles. The summed E-state index contributed by atoms with van der Waals surface area (Å²) in [4.78, 5) is 38.5. The SMILES string of the molecule is Cc1ccc(-n2nc(C(=O)NC3CC3)c(=O)n(Cc3ccc(F)cc3)c2=O)cc1.